The molecule has 1 aliphatic rings. The van der Waals surface area contributed by atoms with Crippen molar-refractivity contribution in [3.63, 3.8) is 0 Å². The van der Waals surface area contributed by atoms with Crippen molar-refractivity contribution in [2.75, 3.05) is 14.8 Å². The van der Waals surface area contributed by atoms with E-state index in [0.29, 0.717) is 11.3 Å². The van der Waals surface area contributed by atoms with E-state index in [4.69, 9.17) is 0 Å². The molecule has 7 nitrogen and oxygen atoms in total. The fourth-order valence-electron chi connectivity index (χ4n) is 3.75. The number of anilines is 2. The first-order valence-electron chi connectivity index (χ1n) is 9.87. The molecule has 2 aromatic carbocycles. The zero-order valence-corrected chi connectivity index (χ0v) is 20.2. The lowest BCUT2D eigenvalue weighted by molar-refractivity contribution is -0.123. The first-order valence-corrected chi connectivity index (χ1v) is 13.0. The van der Waals surface area contributed by atoms with Gasteiger partial charge in [-0.25, -0.2) is 21.1 Å². The van der Waals surface area contributed by atoms with E-state index in [1.54, 1.807) is 32.9 Å². The number of amides is 1. The van der Waals surface area contributed by atoms with Crippen LogP contribution in [0.25, 0.3) is 0 Å². The summed E-state index contributed by atoms with van der Waals surface area (Å²) < 4.78 is 54.7. The third kappa shape index (κ3) is 4.34. The molecule has 1 aliphatic heterocycles. The van der Waals surface area contributed by atoms with Gasteiger partial charge in [0.25, 0.3) is 10.0 Å². The zero-order valence-electron chi connectivity index (χ0n) is 18.6. The SMILES string of the molecule is Cc1cc(N2C(=O)C(C)(C)CS2(=O)=O)ccc1S(=O)(=O)Nc1ccccc1C(C)(C)C. The minimum Gasteiger partial charge on any atom is -0.279 e. The number of carbonyl (C=O) groups excluding carboxylic acids is 1. The van der Waals surface area contributed by atoms with Crippen LogP contribution in [-0.2, 0) is 30.3 Å². The minimum absolute atomic E-state index is 0.0169. The Kier molecular flexibility index (Phi) is 5.51. The monoisotopic (exact) mass is 464 g/mol. The third-order valence-corrected chi connectivity index (χ3v) is 8.79. The van der Waals surface area contributed by atoms with Crippen molar-refractivity contribution < 1.29 is 21.6 Å². The number of hydrogen-bond acceptors (Lipinski definition) is 5. The molecular weight excluding hydrogens is 436 g/mol. The molecule has 0 bridgehead atoms. The summed E-state index contributed by atoms with van der Waals surface area (Å²) in [6, 6.07) is 11.3. The third-order valence-electron chi connectivity index (χ3n) is 5.25. The number of benzene rings is 2. The second kappa shape index (κ2) is 7.34. The van der Waals surface area contributed by atoms with Gasteiger partial charge in [-0.05, 0) is 61.6 Å². The van der Waals surface area contributed by atoms with Gasteiger partial charge < -0.3 is 0 Å². The van der Waals surface area contributed by atoms with Gasteiger partial charge in [-0.1, -0.05) is 39.0 Å². The van der Waals surface area contributed by atoms with Gasteiger partial charge >= 0.3 is 0 Å². The van der Waals surface area contributed by atoms with Crippen LogP contribution < -0.4 is 9.03 Å². The molecular formula is C22H28N2O5S2. The van der Waals surface area contributed by atoms with Crippen LogP contribution in [0.2, 0.25) is 0 Å². The molecule has 0 radical (unpaired) electrons. The summed E-state index contributed by atoms with van der Waals surface area (Å²) in [7, 11) is -7.75. The molecule has 0 aromatic heterocycles. The predicted molar refractivity (Wildman–Crippen MR) is 122 cm³/mol. The predicted octanol–water partition coefficient (Wildman–Crippen LogP) is 3.80. The lowest BCUT2D eigenvalue weighted by Crippen LogP contribution is -2.33. The average Bonchev–Trinajstić information content (AvgIpc) is 2.76. The largest absolute Gasteiger partial charge is 0.279 e. The van der Waals surface area contributed by atoms with Crippen LogP contribution in [0.5, 0.6) is 0 Å². The standard InChI is InChI=1S/C22H28N2O5S2/c1-15-13-16(24-20(25)22(5,6)14-30(24,26)27)11-12-19(15)31(28,29)23-18-10-8-7-9-17(18)21(2,3)4/h7-13,23H,14H2,1-6H3. The number of nitrogens with zero attached hydrogens (tertiary/aromatic N) is 1. The second-order valence-corrected chi connectivity index (χ2v) is 13.0. The molecule has 2 aromatic rings. The Balaban J connectivity index is 2.00. The Hall–Kier alpha value is -2.39. The Labute approximate surface area is 184 Å². The molecule has 9 heteroatoms. The van der Waals surface area contributed by atoms with Gasteiger partial charge in [0.2, 0.25) is 15.9 Å². The van der Waals surface area contributed by atoms with E-state index >= 15 is 0 Å². The van der Waals surface area contributed by atoms with Gasteiger partial charge in [0.05, 0.1) is 27.4 Å². The molecule has 1 saturated heterocycles. The molecule has 31 heavy (non-hydrogen) atoms. The van der Waals surface area contributed by atoms with Crippen molar-refractivity contribution in [3.05, 3.63) is 53.6 Å². The number of aryl methyl sites for hydroxylation is 1. The smallest absolute Gasteiger partial charge is 0.262 e. The number of sulfonamides is 2. The van der Waals surface area contributed by atoms with E-state index in [0.717, 1.165) is 9.87 Å². The Morgan fingerprint density at radius 2 is 1.68 bits per heavy atom. The van der Waals surface area contributed by atoms with Gasteiger partial charge in [0.15, 0.2) is 0 Å². The number of carbonyl (C=O) groups is 1. The van der Waals surface area contributed by atoms with Crippen LogP contribution in [0.3, 0.4) is 0 Å². The Morgan fingerprint density at radius 3 is 2.19 bits per heavy atom. The van der Waals surface area contributed by atoms with Crippen molar-refractivity contribution in [2.24, 2.45) is 5.41 Å². The van der Waals surface area contributed by atoms with Crippen LogP contribution in [-0.4, -0.2) is 28.5 Å². The summed E-state index contributed by atoms with van der Waals surface area (Å²) in [6.45, 7) is 10.7. The molecule has 0 atom stereocenters. The van der Waals surface area contributed by atoms with E-state index in [2.05, 4.69) is 4.72 Å². The lowest BCUT2D eigenvalue weighted by atomic mass is 9.86. The fraction of sp³-hybridized carbons (Fsp3) is 0.409. The molecule has 1 N–H and O–H groups in total. The topological polar surface area (TPSA) is 101 Å². The summed E-state index contributed by atoms with van der Waals surface area (Å²) in [5.41, 5.74) is 0.514. The van der Waals surface area contributed by atoms with Crippen molar-refractivity contribution in [2.45, 2.75) is 51.9 Å². The van der Waals surface area contributed by atoms with Gasteiger partial charge in [0.1, 0.15) is 0 Å². The summed E-state index contributed by atoms with van der Waals surface area (Å²) >= 11 is 0. The minimum atomic E-state index is -3.94. The van der Waals surface area contributed by atoms with E-state index in [-0.39, 0.29) is 21.8 Å². The second-order valence-electron chi connectivity index (χ2n) is 9.56. The van der Waals surface area contributed by atoms with E-state index < -0.39 is 31.4 Å². The lowest BCUT2D eigenvalue weighted by Gasteiger charge is -2.23. The normalized spacial score (nSPS) is 18.3. The molecule has 0 spiro atoms. The average molecular weight is 465 g/mol. The maximum absolute atomic E-state index is 13.1. The Bertz CT molecular complexity index is 1260. The maximum Gasteiger partial charge on any atom is 0.262 e. The van der Waals surface area contributed by atoms with E-state index in [9.17, 15) is 21.6 Å². The van der Waals surface area contributed by atoms with Gasteiger partial charge in [-0.15, -0.1) is 0 Å². The molecule has 168 valence electrons. The number of hydrogen-bond donors (Lipinski definition) is 1. The Morgan fingerprint density at radius 1 is 1.06 bits per heavy atom. The van der Waals surface area contributed by atoms with Crippen molar-refractivity contribution >= 4 is 37.3 Å². The highest BCUT2D eigenvalue weighted by atomic mass is 32.2. The van der Waals surface area contributed by atoms with Crippen LogP contribution >= 0.6 is 0 Å². The van der Waals surface area contributed by atoms with Gasteiger partial charge in [-0.3, -0.25) is 9.52 Å². The highest BCUT2D eigenvalue weighted by molar-refractivity contribution is 7.94. The van der Waals surface area contributed by atoms with Crippen LogP contribution in [0.15, 0.2) is 47.4 Å². The summed E-state index contributed by atoms with van der Waals surface area (Å²) in [5.74, 6) is -0.817. The van der Waals surface area contributed by atoms with Crippen molar-refractivity contribution in [3.8, 4) is 0 Å². The van der Waals surface area contributed by atoms with Gasteiger partial charge in [0, 0.05) is 0 Å². The fourth-order valence-corrected chi connectivity index (χ4v) is 7.16. The highest BCUT2D eigenvalue weighted by Gasteiger charge is 2.50. The van der Waals surface area contributed by atoms with Crippen LogP contribution in [0.1, 0.15) is 45.7 Å². The molecule has 1 heterocycles. The molecule has 1 amide bonds. The van der Waals surface area contributed by atoms with Crippen LogP contribution in [0.4, 0.5) is 11.4 Å². The molecule has 3 rings (SSSR count). The van der Waals surface area contributed by atoms with E-state index in [1.807, 2.05) is 32.9 Å². The summed E-state index contributed by atoms with van der Waals surface area (Å²) in [5, 5.41) is 0. The first kappa shape index (κ1) is 23.3. The van der Waals surface area contributed by atoms with Crippen LogP contribution in [0, 0.1) is 12.3 Å². The number of rotatable bonds is 4. The van der Waals surface area contributed by atoms with Crippen molar-refractivity contribution in [1.29, 1.82) is 0 Å². The first-order chi connectivity index (χ1) is 14.1. The van der Waals surface area contributed by atoms with Gasteiger partial charge in [-0.2, -0.15) is 0 Å². The molecule has 0 saturated carbocycles. The van der Waals surface area contributed by atoms with Crippen molar-refractivity contribution in [1.82, 2.24) is 0 Å². The van der Waals surface area contributed by atoms with E-state index in [1.165, 1.54) is 18.2 Å². The summed E-state index contributed by atoms with van der Waals surface area (Å²) in [6.07, 6.45) is 0. The zero-order chi connectivity index (χ0) is 23.4. The molecule has 0 aliphatic carbocycles. The maximum atomic E-state index is 13.1. The molecule has 1 fully saturated rings. The number of para-hydroxylation sites is 1. The summed E-state index contributed by atoms with van der Waals surface area (Å²) in [4.78, 5) is 12.6. The quantitative estimate of drug-likeness (QED) is 0.742. The molecule has 0 unspecified atom stereocenters. The number of nitrogens with one attached hydrogen (secondary N) is 1. The highest BCUT2D eigenvalue weighted by Crippen LogP contribution is 2.37.